The van der Waals surface area contributed by atoms with Crippen molar-refractivity contribution in [1.29, 1.82) is 0 Å². The molecule has 0 amide bonds. The summed E-state index contributed by atoms with van der Waals surface area (Å²) in [5.41, 5.74) is 5.50. The molecular formula is C24H24HfN3O-. The third-order valence-electron chi connectivity index (χ3n) is 5.06. The second-order valence-corrected chi connectivity index (χ2v) is 7.23. The van der Waals surface area contributed by atoms with Gasteiger partial charge in [0, 0.05) is 37.5 Å². The average Bonchev–Trinajstić information content (AvgIpc) is 3.03. The van der Waals surface area contributed by atoms with Gasteiger partial charge < -0.3 is 19.9 Å². The Kier molecular flexibility index (Phi) is 6.58. The zero-order valence-electron chi connectivity index (χ0n) is 17.0. The van der Waals surface area contributed by atoms with Crippen molar-refractivity contribution in [2.45, 2.75) is 20.8 Å². The number of ether oxygens (including phenoxy) is 1. The Morgan fingerprint density at radius 1 is 0.793 bits per heavy atom. The third-order valence-corrected chi connectivity index (χ3v) is 5.06. The minimum absolute atomic E-state index is 0. The normalized spacial score (nSPS) is 13.4. The average molecular weight is 549 g/mol. The van der Waals surface area contributed by atoms with Gasteiger partial charge in [-0.05, 0) is 74.9 Å². The summed E-state index contributed by atoms with van der Waals surface area (Å²) < 4.78 is 6.09. The van der Waals surface area contributed by atoms with Crippen LogP contribution in [0.15, 0.2) is 66.7 Å². The van der Waals surface area contributed by atoms with E-state index in [1.54, 1.807) is 0 Å². The van der Waals surface area contributed by atoms with Crippen LogP contribution in [0.1, 0.15) is 16.7 Å². The van der Waals surface area contributed by atoms with Crippen molar-refractivity contribution in [3.8, 4) is 11.5 Å². The second kappa shape index (κ2) is 8.95. The zero-order valence-corrected chi connectivity index (χ0v) is 20.6. The molecule has 146 valence electrons. The SMILES string of the molecule is Cc1cc(C)c(N2CCN(c3ccccc3Oc3ccccc3)C2=[N-])c(C)c1.[Hf]. The minimum Gasteiger partial charge on any atom is -0.457 e. The van der Waals surface area contributed by atoms with Crippen LogP contribution >= 0.6 is 0 Å². The molecule has 1 saturated heterocycles. The molecular weight excluding hydrogens is 525 g/mol. The van der Waals surface area contributed by atoms with E-state index in [-0.39, 0.29) is 31.8 Å². The molecule has 0 unspecified atom stereocenters. The quantitative estimate of drug-likeness (QED) is 0.395. The molecule has 0 saturated carbocycles. The fraction of sp³-hybridized carbons (Fsp3) is 0.208. The summed E-state index contributed by atoms with van der Waals surface area (Å²) >= 11 is 0. The molecule has 0 atom stereocenters. The van der Waals surface area contributed by atoms with Gasteiger partial charge in [0.15, 0.2) is 0 Å². The van der Waals surface area contributed by atoms with E-state index < -0.39 is 0 Å². The van der Waals surface area contributed by atoms with Gasteiger partial charge in [-0.2, -0.15) is 0 Å². The van der Waals surface area contributed by atoms with Crippen LogP contribution < -0.4 is 14.5 Å². The summed E-state index contributed by atoms with van der Waals surface area (Å²) in [5, 5.41) is 11.1. The van der Waals surface area contributed by atoms with E-state index in [4.69, 9.17) is 4.74 Å². The topological polar surface area (TPSA) is 38.0 Å². The number of hydrogen-bond donors (Lipinski definition) is 0. The Morgan fingerprint density at radius 3 is 2.07 bits per heavy atom. The van der Waals surface area contributed by atoms with Gasteiger partial charge in [-0.1, -0.05) is 48.0 Å². The summed E-state index contributed by atoms with van der Waals surface area (Å²) in [4.78, 5) is 3.90. The molecule has 0 aromatic heterocycles. The van der Waals surface area contributed by atoms with E-state index in [2.05, 4.69) is 32.9 Å². The number of para-hydroxylation sites is 3. The van der Waals surface area contributed by atoms with Crippen molar-refractivity contribution in [2.75, 3.05) is 22.9 Å². The van der Waals surface area contributed by atoms with E-state index >= 15 is 0 Å². The molecule has 3 aromatic carbocycles. The number of hydrogen-bond acceptors (Lipinski definition) is 1. The standard InChI is InChI=1S/C24H24N3O.Hf/c1-17-15-18(2)23(19(3)16-17)27-14-13-26(24(27)25)21-11-7-8-12-22(21)28-20-9-5-4-6-10-20;/h4-12,15-16H,13-14H2,1-3H3;/q-1;. The van der Waals surface area contributed by atoms with Crippen LogP contribution in [-0.2, 0) is 25.8 Å². The van der Waals surface area contributed by atoms with Crippen LogP contribution in [0.25, 0.3) is 5.41 Å². The molecule has 3 aromatic rings. The van der Waals surface area contributed by atoms with Crippen LogP contribution in [-0.4, -0.2) is 19.0 Å². The van der Waals surface area contributed by atoms with Crippen molar-refractivity contribution < 1.29 is 30.6 Å². The molecule has 1 aliphatic heterocycles. The Labute approximate surface area is 191 Å². The monoisotopic (exact) mass is 550 g/mol. The maximum atomic E-state index is 11.1. The van der Waals surface area contributed by atoms with Crippen molar-refractivity contribution in [1.82, 2.24) is 0 Å². The Hall–Kier alpha value is -2.40. The number of nitrogens with zero attached hydrogens (tertiary/aromatic N) is 3. The van der Waals surface area contributed by atoms with E-state index in [9.17, 15) is 5.41 Å². The number of anilines is 2. The molecule has 4 rings (SSSR count). The summed E-state index contributed by atoms with van der Waals surface area (Å²) in [6.45, 7) is 7.69. The second-order valence-electron chi connectivity index (χ2n) is 7.23. The Morgan fingerprint density at radius 2 is 1.38 bits per heavy atom. The minimum atomic E-state index is 0. The fourth-order valence-electron chi connectivity index (χ4n) is 3.97. The molecule has 1 heterocycles. The van der Waals surface area contributed by atoms with Gasteiger partial charge in [-0.15, -0.1) is 0 Å². The van der Waals surface area contributed by atoms with Gasteiger partial charge in [0.05, 0.1) is 0 Å². The first-order valence-electron chi connectivity index (χ1n) is 9.55. The number of rotatable bonds is 4. The summed E-state index contributed by atoms with van der Waals surface area (Å²) in [6.07, 6.45) is 0. The first kappa shape index (κ1) is 21.3. The predicted octanol–water partition coefficient (Wildman–Crippen LogP) is 5.65. The van der Waals surface area contributed by atoms with Crippen molar-refractivity contribution in [3.05, 3.63) is 88.8 Å². The molecule has 0 N–H and O–H groups in total. The fourth-order valence-corrected chi connectivity index (χ4v) is 3.97. The molecule has 29 heavy (non-hydrogen) atoms. The van der Waals surface area contributed by atoms with E-state index in [1.807, 2.05) is 64.4 Å². The van der Waals surface area contributed by atoms with Crippen LogP contribution in [0.2, 0.25) is 0 Å². The van der Waals surface area contributed by atoms with E-state index in [0.29, 0.717) is 6.54 Å². The summed E-state index contributed by atoms with van der Waals surface area (Å²) in [6, 6.07) is 21.8. The molecule has 0 aliphatic carbocycles. The van der Waals surface area contributed by atoms with Gasteiger partial charge in [0.2, 0.25) is 0 Å². The third kappa shape index (κ3) is 4.30. The van der Waals surface area contributed by atoms with E-state index in [0.717, 1.165) is 29.4 Å². The van der Waals surface area contributed by atoms with Crippen molar-refractivity contribution >= 4 is 17.3 Å². The smallest absolute Gasteiger partial charge is 0.136 e. The largest absolute Gasteiger partial charge is 0.457 e. The van der Waals surface area contributed by atoms with Gasteiger partial charge in [0.25, 0.3) is 0 Å². The van der Waals surface area contributed by atoms with Crippen LogP contribution in [0.4, 0.5) is 11.4 Å². The summed E-state index contributed by atoms with van der Waals surface area (Å²) in [7, 11) is 0. The van der Waals surface area contributed by atoms with Crippen LogP contribution in [0, 0.1) is 20.8 Å². The molecule has 1 aliphatic rings. The van der Waals surface area contributed by atoms with Crippen molar-refractivity contribution in [3.63, 3.8) is 0 Å². The predicted molar refractivity (Wildman–Crippen MR) is 117 cm³/mol. The Bertz CT molecular complexity index is 997. The first-order chi connectivity index (χ1) is 13.5. The van der Waals surface area contributed by atoms with Gasteiger partial charge in [0.1, 0.15) is 11.5 Å². The Balaban J connectivity index is 0.00000240. The van der Waals surface area contributed by atoms with Crippen LogP contribution in [0.3, 0.4) is 0 Å². The molecule has 0 spiro atoms. The molecule has 4 nitrogen and oxygen atoms in total. The van der Waals surface area contributed by atoms with Gasteiger partial charge in [-0.25, -0.2) is 0 Å². The molecule has 5 heteroatoms. The van der Waals surface area contributed by atoms with Gasteiger partial charge >= 0.3 is 0 Å². The zero-order chi connectivity index (χ0) is 19.7. The number of guanidine groups is 1. The van der Waals surface area contributed by atoms with Gasteiger partial charge in [-0.3, -0.25) is 0 Å². The van der Waals surface area contributed by atoms with Crippen molar-refractivity contribution in [2.24, 2.45) is 0 Å². The number of benzene rings is 3. The molecule has 1 fully saturated rings. The number of aryl methyl sites for hydroxylation is 3. The maximum absolute atomic E-state index is 11.1. The molecule has 0 bridgehead atoms. The van der Waals surface area contributed by atoms with Crippen LogP contribution in [0.5, 0.6) is 11.5 Å². The first-order valence-corrected chi connectivity index (χ1v) is 9.55. The van der Waals surface area contributed by atoms with E-state index in [1.165, 1.54) is 16.7 Å². The summed E-state index contributed by atoms with van der Waals surface area (Å²) in [5.74, 6) is 1.73. The molecule has 0 radical (unpaired) electrons. The maximum Gasteiger partial charge on any atom is 0.136 e.